The number of aryl methyl sites for hydroxylation is 2. The monoisotopic (exact) mass is 441 g/mol. The Bertz CT molecular complexity index is 1310. The van der Waals surface area contributed by atoms with Crippen LogP contribution < -0.4 is 0 Å². The van der Waals surface area contributed by atoms with E-state index in [4.69, 9.17) is 24.7 Å². The van der Waals surface area contributed by atoms with Gasteiger partial charge < -0.3 is 4.74 Å². The molecule has 4 heterocycles. The highest BCUT2D eigenvalue weighted by Gasteiger charge is 2.70. The van der Waals surface area contributed by atoms with E-state index in [1.165, 1.54) is 12.8 Å². The fraction of sp³-hybridized carbons (Fsp3) is 0.600. The average Bonchev–Trinajstić information content (AvgIpc) is 3.50. The number of aromatic nitrogens is 6. The molecule has 2 bridgehead atoms. The summed E-state index contributed by atoms with van der Waals surface area (Å²) in [6.07, 6.45) is 10.9. The zero-order chi connectivity index (χ0) is 22.4. The first kappa shape index (κ1) is 19.5. The molecule has 4 aliphatic carbocycles. The number of hydrogen-bond donors (Lipinski definition) is 0. The molecular formula is C25H27N7O. The molecule has 0 spiro atoms. The Labute approximate surface area is 192 Å². The Hall–Kier alpha value is -2.92. The summed E-state index contributed by atoms with van der Waals surface area (Å²) < 4.78 is 8.23. The number of fused-ring (bicyclic) bond motifs is 1. The molecule has 2 atom stereocenters. The normalized spacial score (nSPS) is 32.8. The van der Waals surface area contributed by atoms with Crippen LogP contribution in [0.2, 0.25) is 0 Å². The van der Waals surface area contributed by atoms with Crippen LogP contribution in [0.25, 0.3) is 11.2 Å². The maximum absolute atomic E-state index is 9.54. The van der Waals surface area contributed by atoms with Crippen molar-refractivity contribution in [3.05, 3.63) is 40.9 Å². The molecule has 0 amide bonds. The van der Waals surface area contributed by atoms with Gasteiger partial charge in [0.2, 0.25) is 0 Å². The Morgan fingerprint density at radius 2 is 1.85 bits per heavy atom. The number of rotatable bonds is 4. The molecular weight excluding hydrogens is 414 g/mol. The zero-order valence-corrected chi connectivity index (χ0v) is 19.1. The van der Waals surface area contributed by atoms with Gasteiger partial charge in [-0.3, -0.25) is 4.68 Å². The molecule has 0 unspecified atom stereocenters. The maximum Gasteiger partial charge on any atom is 0.182 e. The van der Waals surface area contributed by atoms with E-state index < -0.39 is 0 Å². The van der Waals surface area contributed by atoms with Crippen molar-refractivity contribution in [2.45, 2.75) is 82.3 Å². The molecule has 0 N–H and O–H groups in total. The molecule has 1 aliphatic heterocycles. The summed E-state index contributed by atoms with van der Waals surface area (Å²) in [6.45, 7) is 4.65. The van der Waals surface area contributed by atoms with Crippen molar-refractivity contribution in [2.75, 3.05) is 6.61 Å². The highest BCUT2D eigenvalue weighted by molar-refractivity contribution is 5.75. The topological polar surface area (TPSA) is 102 Å². The lowest BCUT2D eigenvalue weighted by molar-refractivity contribution is -0.0949. The number of nitriles is 1. The van der Waals surface area contributed by atoms with E-state index in [9.17, 15) is 5.26 Å². The van der Waals surface area contributed by atoms with Gasteiger partial charge in [0.15, 0.2) is 5.65 Å². The van der Waals surface area contributed by atoms with Crippen LogP contribution in [0.5, 0.6) is 0 Å². The molecule has 5 aliphatic rings. The third-order valence-corrected chi connectivity index (χ3v) is 8.29. The first-order valence-corrected chi connectivity index (χ1v) is 12.1. The number of ether oxygens (including phenoxy) is 1. The fourth-order valence-corrected chi connectivity index (χ4v) is 6.16. The van der Waals surface area contributed by atoms with E-state index in [1.54, 1.807) is 0 Å². The van der Waals surface area contributed by atoms with Crippen molar-refractivity contribution in [1.29, 1.82) is 5.26 Å². The number of hydrogen-bond acceptors (Lipinski definition) is 7. The van der Waals surface area contributed by atoms with E-state index in [-0.39, 0.29) is 22.9 Å². The van der Waals surface area contributed by atoms with E-state index in [1.807, 2.05) is 20.0 Å². The van der Waals surface area contributed by atoms with E-state index in [2.05, 4.69) is 22.0 Å². The van der Waals surface area contributed by atoms with Crippen molar-refractivity contribution in [2.24, 2.45) is 5.41 Å². The minimum absolute atomic E-state index is 0.0154. The van der Waals surface area contributed by atoms with Crippen molar-refractivity contribution in [1.82, 2.24) is 29.7 Å². The molecule has 4 saturated carbocycles. The van der Waals surface area contributed by atoms with Gasteiger partial charge in [-0.05, 0) is 58.8 Å². The van der Waals surface area contributed by atoms with Crippen LogP contribution in [-0.2, 0) is 10.2 Å². The standard InChI is InChI=1S/C25H27N7O/c1-14-15(2)29-23-20(28-14)21(25-10-24(11-25,12-25)13-26)30-22(31-23)16-5-6-33-19(7-16)17-8-27-32(9-17)18-3-4-18/h8-9,16,18-19H,3-7,10-12H2,1-2H3/t16-,19+,24?,25?/m0/s1. The average molecular weight is 442 g/mol. The SMILES string of the molecule is Cc1nc2nc([C@H]3CCO[C@@H](c4cnn(C5CC5)c4)C3)nc(C34CC(C#N)(C3)C4)c2nc1C. The molecule has 3 aromatic heterocycles. The largest absolute Gasteiger partial charge is 0.373 e. The summed E-state index contributed by atoms with van der Waals surface area (Å²) in [7, 11) is 0. The van der Waals surface area contributed by atoms with Crippen molar-refractivity contribution in [3.63, 3.8) is 0 Å². The summed E-state index contributed by atoms with van der Waals surface area (Å²) >= 11 is 0. The predicted molar refractivity (Wildman–Crippen MR) is 119 cm³/mol. The van der Waals surface area contributed by atoms with Crippen molar-refractivity contribution in [3.8, 4) is 6.07 Å². The van der Waals surface area contributed by atoms with Gasteiger partial charge in [0.25, 0.3) is 0 Å². The van der Waals surface area contributed by atoms with Gasteiger partial charge >= 0.3 is 0 Å². The van der Waals surface area contributed by atoms with Gasteiger partial charge in [-0.25, -0.2) is 19.9 Å². The second-order valence-electron chi connectivity index (χ2n) is 10.8. The third kappa shape index (κ3) is 2.88. The second-order valence-corrected chi connectivity index (χ2v) is 10.8. The molecule has 8 rings (SSSR count). The first-order chi connectivity index (χ1) is 16.0. The first-order valence-electron chi connectivity index (χ1n) is 12.1. The Morgan fingerprint density at radius 1 is 1.06 bits per heavy atom. The summed E-state index contributed by atoms with van der Waals surface area (Å²) in [6, 6.07) is 3.09. The highest BCUT2D eigenvalue weighted by atomic mass is 16.5. The Morgan fingerprint density at radius 3 is 2.61 bits per heavy atom. The van der Waals surface area contributed by atoms with Gasteiger partial charge in [0, 0.05) is 29.7 Å². The molecule has 3 aromatic rings. The van der Waals surface area contributed by atoms with Gasteiger partial charge in [0.05, 0.1) is 46.9 Å². The van der Waals surface area contributed by atoms with Crippen molar-refractivity contribution >= 4 is 11.2 Å². The third-order valence-electron chi connectivity index (χ3n) is 8.29. The molecule has 5 fully saturated rings. The van der Waals surface area contributed by atoms with Crippen LogP contribution in [0.3, 0.4) is 0 Å². The number of nitrogens with zero attached hydrogens (tertiary/aromatic N) is 7. The summed E-state index contributed by atoms with van der Waals surface area (Å²) in [4.78, 5) is 19.8. The summed E-state index contributed by atoms with van der Waals surface area (Å²) in [5.41, 5.74) is 5.32. The van der Waals surface area contributed by atoms with Crippen LogP contribution in [0, 0.1) is 30.6 Å². The molecule has 1 saturated heterocycles. The Kier molecular flexibility index (Phi) is 3.89. The Balaban J connectivity index is 1.25. The van der Waals surface area contributed by atoms with Crippen molar-refractivity contribution < 1.29 is 4.74 Å². The van der Waals surface area contributed by atoms with Crippen LogP contribution in [0.1, 0.15) is 91.5 Å². The van der Waals surface area contributed by atoms with E-state index in [0.29, 0.717) is 18.3 Å². The van der Waals surface area contributed by atoms with Gasteiger partial charge in [-0.2, -0.15) is 10.4 Å². The lowest BCUT2D eigenvalue weighted by Gasteiger charge is -2.66. The quantitative estimate of drug-likeness (QED) is 0.599. The minimum atomic E-state index is -0.143. The van der Waals surface area contributed by atoms with Crippen LogP contribution in [-0.4, -0.2) is 36.3 Å². The van der Waals surface area contributed by atoms with Crippen LogP contribution >= 0.6 is 0 Å². The molecule has 8 heteroatoms. The molecule has 168 valence electrons. The van der Waals surface area contributed by atoms with Gasteiger partial charge in [0.1, 0.15) is 11.3 Å². The molecule has 0 radical (unpaired) electrons. The second kappa shape index (κ2) is 6.57. The van der Waals surface area contributed by atoms with E-state index >= 15 is 0 Å². The molecule has 0 aromatic carbocycles. The maximum atomic E-state index is 9.54. The summed E-state index contributed by atoms with van der Waals surface area (Å²) in [5.74, 6) is 1.06. The van der Waals surface area contributed by atoms with Crippen LogP contribution in [0.15, 0.2) is 12.4 Å². The van der Waals surface area contributed by atoms with Gasteiger partial charge in [-0.15, -0.1) is 0 Å². The fourth-order valence-electron chi connectivity index (χ4n) is 6.16. The lowest BCUT2D eigenvalue weighted by atomic mass is 9.34. The van der Waals surface area contributed by atoms with Gasteiger partial charge in [-0.1, -0.05) is 0 Å². The van der Waals surface area contributed by atoms with E-state index in [0.717, 1.165) is 66.1 Å². The minimum Gasteiger partial charge on any atom is -0.373 e. The zero-order valence-electron chi connectivity index (χ0n) is 19.1. The predicted octanol–water partition coefficient (Wildman–Crippen LogP) is 4.15. The smallest absolute Gasteiger partial charge is 0.182 e. The summed E-state index contributed by atoms with van der Waals surface area (Å²) in [5, 5.41) is 14.1. The van der Waals surface area contributed by atoms with Crippen LogP contribution in [0.4, 0.5) is 0 Å². The molecule has 33 heavy (non-hydrogen) atoms. The highest BCUT2D eigenvalue weighted by Crippen LogP contribution is 2.73. The molecule has 8 nitrogen and oxygen atoms in total. The lowest BCUT2D eigenvalue weighted by Crippen LogP contribution is -2.64.